The van der Waals surface area contributed by atoms with E-state index in [1.54, 1.807) is 0 Å². The van der Waals surface area contributed by atoms with Gasteiger partial charge in [-0.3, -0.25) is 0 Å². The van der Waals surface area contributed by atoms with Crippen LogP contribution < -0.4 is 0 Å². The van der Waals surface area contributed by atoms with Crippen LogP contribution >= 0.6 is 0 Å². The Morgan fingerprint density at radius 2 is 2.27 bits per heavy atom. The maximum absolute atomic E-state index is 8.78. The summed E-state index contributed by atoms with van der Waals surface area (Å²) in [6.45, 7) is 6.04. The van der Waals surface area contributed by atoms with Crippen molar-refractivity contribution in [3.63, 3.8) is 0 Å². The van der Waals surface area contributed by atoms with E-state index in [2.05, 4.69) is 17.9 Å². The van der Waals surface area contributed by atoms with Crippen LogP contribution in [0.3, 0.4) is 0 Å². The summed E-state index contributed by atoms with van der Waals surface area (Å²) in [7, 11) is 0. The van der Waals surface area contributed by atoms with Crippen molar-refractivity contribution < 1.29 is 0 Å². The van der Waals surface area contributed by atoms with Crippen LogP contribution in [0.25, 0.3) is 0 Å². The molecule has 2 fully saturated rings. The minimum atomic E-state index is 0.413. The van der Waals surface area contributed by atoms with Crippen LogP contribution in [0.1, 0.15) is 45.4 Å². The van der Waals surface area contributed by atoms with Crippen LogP contribution in [0, 0.1) is 22.7 Å². The Kier molecular flexibility index (Phi) is 3.31. The number of hydrogen-bond acceptors (Lipinski definition) is 2. The molecule has 0 aromatic rings. The highest BCUT2D eigenvalue weighted by molar-refractivity contribution is 5.01. The lowest BCUT2D eigenvalue weighted by atomic mass is 10.0. The Labute approximate surface area is 93.3 Å². The third kappa shape index (κ3) is 2.72. The van der Waals surface area contributed by atoms with Gasteiger partial charge in [0.15, 0.2) is 0 Å². The molecule has 1 saturated heterocycles. The largest absolute Gasteiger partial charge is 0.302 e. The molecule has 1 aliphatic carbocycles. The summed E-state index contributed by atoms with van der Waals surface area (Å²) in [5.41, 5.74) is 0.413. The van der Waals surface area contributed by atoms with Crippen LogP contribution in [0.15, 0.2) is 0 Å². The normalized spacial score (nSPS) is 28.9. The molecule has 0 amide bonds. The quantitative estimate of drug-likeness (QED) is 0.691. The van der Waals surface area contributed by atoms with Crippen molar-refractivity contribution in [1.82, 2.24) is 4.90 Å². The van der Waals surface area contributed by atoms with Crippen LogP contribution in [-0.4, -0.2) is 24.5 Å². The van der Waals surface area contributed by atoms with Gasteiger partial charge in [0.1, 0.15) is 0 Å². The molecule has 84 valence electrons. The van der Waals surface area contributed by atoms with Crippen LogP contribution in [-0.2, 0) is 0 Å². The van der Waals surface area contributed by atoms with Gasteiger partial charge in [0.2, 0.25) is 0 Å². The van der Waals surface area contributed by atoms with Crippen LogP contribution in [0.5, 0.6) is 0 Å². The van der Waals surface area contributed by atoms with Crippen molar-refractivity contribution >= 4 is 0 Å². The van der Waals surface area contributed by atoms with E-state index in [4.69, 9.17) is 5.26 Å². The fourth-order valence-electron chi connectivity index (χ4n) is 2.91. The molecule has 2 nitrogen and oxygen atoms in total. The first-order valence-corrected chi connectivity index (χ1v) is 6.37. The smallest absolute Gasteiger partial charge is 0.0628 e. The van der Waals surface area contributed by atoms with Crippen molar-refractivity contribution in [3.05, 3.63) is 0 Å². The maximum atomic E-state index is 8.78. The number of nitriles is 1. The molecule has 0 spiro atoms. The van der Waals surface area contributed by atoms with Gasteiger partial charge in [0.05, 0.1) is 6.07 Å². The van der Waals surface area contributed by atoms with Crippen molar-refractivity contribution in [2.75, 3.05) is 19.6 Å². The molecular formula is C13H22N2. The molecule has 1 saturated carbocycles. The Morgan fingerprint density at radius 3 is 2.87 bits per heavy atom. The molecule has 15 heavy (non-hydrogen) atoms. The van der Waals surface area contributed by atoms with Gasteiger partial charge in [-0.05, 0) is 43.6 Å². The second-order valence-electron chi connectivity index (χ2n) is 5.51. The number of likely N-dealkylation sites (tertiary alicyclic amines) is 1. The van der Waals surface area contributed by atoms with Gasteiger partial charge in [-0.15, -0.1) is 0 Å². The molecule has 0 aromatic carbocycles. The van der Waals surface area contributed by atoms with Gasteiger partial charge in [0, 0.05) is 19.5 Å². The van der Waals surface area contributed by atoms with Crippen LogP contribution in [0.4, 0.5) is 0 Å². The highest BCUT2D eigenvalue weighted by Crippen LogP contribution is 2.49. The van der Waals surface area contributed by atoms with E-state index < -0.39 is 0 Å². The minimum Gasteiger partial charge on any atom is -0.302 e. The zero-order valence-electron chi connectivity index (χ0n) is 9.84. The van der Waals surface area contributed by atoms with Crippen molar-refractivity contribution in [2.24, 2.45) is 11.3 Å². The third-order valence-electron chi connectivity index (χ3n) is 4.04. The Bertz CT molecular complexity index is 250. The summed E-state index contributed by atoms with van der Waals surface area (Å²) in [6.07, 6.45) is 7.45. The first kappa shape index (κ1) is 11.0. The highest BCUT2D eigenvalue weighted by atomic mass is 15.2. The summed E-state index contributed by atoms with van der Waals surface area (Å²) in [5, 5.41) is 8.78. The van der Waals surface area contributed by atoms with E-state index in [9.17, 15) is 0 Å². The molecule has 2 rings (SSSR count). The maximum Gasteiger partial charge on any atom is 0.0628 e. The summed E-state index contributed by atoms with van der Waals surface area (Å²) in [5.74, 6) is 0.938. The zero-order chi connectivity index (χ0) is 10.7. The van der Waals surface area contributed by atoms with Gasteiger partial charge in [-0.2, -0.15) is 5.26 Å². The van der Waals surface area contributed by atoms with E-state index in [0.717, 1.165) is 12.3 Å². The second-order valence-corrected chi connectivity index (χ2v) is 5.51. The van der Waals surface area contributed by atoms with Gasteiger partial charge in [-0.25, -0.2) is 0 Å². The average Bonchev–Trinajstić information content (AvgIpc) is 2.80. The van der Waals surface area contributed by atoms with Gasteiger partial charge in [0.25, 0.3) is 0 Å². The van der Waals surface area contributed by atoms with E-state index in [1.165, 1.54) is 51.7 Å². The van der Waals surface area contributed by atoms with Gasteiger partial charge in [-0.1, -0.05) is 13.3 Å². The molecule has 1 heterocycles. The van der Waals surface area contributed by atoms with Crippen LogP contribution in [0.2, 0.25) is 0 Å². The molecule has 2 heteroatoms. The van der Waals surface area contributed by atoms with E-state index in [0.29, 0.717) is 5.41 Å². The van der Waals surface area contributed by atoms with E-state index in [-0.39, 0.29) is 0 Å². The highest BCUT2D eigenvalue weighted by Gasteiger charge is 2.44. The predicted octanol–water partition coefficient (Wildman–Crippen LogP) is 2.80. The topological polar surface area (TPSA) is 27.0 Å². The molecular weight excluding hydrogens is 184 g/mol. The number of rotatable bonds is 5. The predicted molar refractivity (Wildman–Crippen MR) is 61.4 cm³/mol. The molecule has 0 N–H and O–H groups in total. The lowest BCUT2D eigenvalue weighted by molar-refractivity contribution is 0.255. The molecule has 1 atom stereocenters. The van der Waals surface area contributed by atoms with E-state index in [1.807, 2.05) is 0 Å². The molecule has 0 bridgehead atoms. The SMILES string of the molecule is CCCC1CCN(CC2(CC#N)CC2)C1. The fourth-order valence-corrected chi connectivity index (χ4v) is 2.91. The summed E-state index contributed by atoms with van der Waals surface area (Å²) < 4.78 is 0. The monoisotopic (exact) mass is 206 g/mol. The standard InChI is InChI=1S/C13H22N2/c1-2-3-12-4-9-15(10-12)11-13(5-6-13)7-8-14/h12H,2-7,9-11H2,1H3. The Morgan fingerprint density at radius 1 is 1.47 bits per heavy atom. The summed E-state index contributed by atoms with van der Waals surface area (Å²) in [4.78, 5) is 2.60. The zero-order valence-corrected chi connectivity index (χ0v) is 9.84. The molecule has 1 aliphatic heterocycles. The summed E-state index contributed by atoms with van der Waals surface area (Å²) in [6, 6.07) is 2.35. The van der Waals surface area contributed by atoms with Crippen molar-refractivity contribution in [3.8, 4) is 6.07 Å². The lowest BCUT2D eigenvalue weighted by Crippen LogP contribution is -2.28. The molecule has 1 unspecified atom stereocenters. The van der Waals surface area contributed by atoms with Crippen molar-refractivity contribution in [1.29, 1.82) is 5.26 Å². The third-order valence-corrected chi connectivity index (χ3v) is 4.04. The summed E-state index contributed by atoms with van der Waals surface area (Å²) >= 11 is 0. The van der Waals surface area contributed by atoms with Gasteiger partial charge >= 0.3 is 0 Å². The Balaban J connectivity index is 1.75. The molecule has 2 aliphatic rings. The van der Waals surface area contributed by atoms with E-state index >= 15 is 0 Å². The molecule has 0 radical (unpaired) electrons. The first-order chi connectivity index (χ1) is 7.28. The number of nitrogens with zero attached hydrogens (tertiary/aromatic N) is 2. The minimum absolute atomic E-state index is 0.413. The van der Waals surface area contributed by atoms with Gasteiger partial charge < -0.3 is 4.90 Å². The fraction of sp³-hybridized carbons (Fsp3) is 0.923. The Hall–Kier alpha value is -0.550. The number of hydrogen-bond donors (Lipinski definition) is 0. The first-order valence-electron chi connectivity index (χ1n) is 6.37. The molecule has 0 aromatic heterocycles. The van der Waals surface area contributed by atoms with Crippen molar-refractivity contribution in [2.45, 2.75) is 45.4 Å². The average molecular weight is 206 g/mol. The second kappa shape index (κ2) is 4.53. The lowest BCUT2D eigenvalue weighted by Gasteiger charge is -2.21.